The zero-order valence-electron chi connectivity index (χ0n) is 12.1. The lowest BCUT2D eigenvalue weighted by atomic mass is 9.84. The molecule has 0 bridgehead atoms. The van der Waals surface area contributed by atoms with Crippen LogP contribution in [0.4, 0.5) is 4.39 Å². The highest BCUT2D eigenvalue weighted by Gasteiger charge is 2.32. The first kappa shape index (κ1) is 15.5. The first-order valence-corrected chi connectivity index (χ1v) is 7.22. The molecule has 1 N–H and O–H groups in total. The molecule has 0 heterocycles. The van der Waals surface area contributed by atoms with Gasteiger partial charge in [-0.05, 0) is 24.5 Å². The minimum Gasteiger partial charge on any atom is -0.469 e. The van der Waals surface area contributed by atoms with E-state index in [9.17, 15) is 14.0 Å². The summed E-state index contributed by atoms with van der Waals surface area (Å²) in [5, 5.41) is 2.85. The molecule has 4 nitrogen and oxygen atoms in total. The van der Waals surface area contributed by atoms with E-state index in [1.807, 2.05) is 0 Å². The molecule has 0 radical (unpaired) electrons. The van der Waals surface area contributed by atoms with Crippen LogP contribution in [0.5, 0.6) is 0 Å². The smallest absolute Gasteiger partial charge is 0.310 e. The second-order valence-corrected chi connectivity index (χ2v) is 5.36. The number of carbonyl (C=O) groups excluding carboxylic acids is 2. The Morgan fingerprint density at radius 2 is 2.00 bits per heavy atom. The van der Waals surface area contributed by atoms with Crippen LogP contribution in [0.1, 0.15) is 31.2 Å². The standard InChI is InChI=1S/C16H20FNO3/c1-21-16(20)12-7-3-5-9-14(12)18-15(19)10-11-6-2-4-8-13(11)17/h2,4,6,8,12,14H,3,5,7,9-10H2,1H3,(H,18,19)/t12-,14+/m0/s1. The van der Waals surface area contributed by atoms with Gasteiger partial charge in [0.2, 0.25) is 5.91 Å². The van der Waals surface area contributed by atoms with E-state index in [0.29, 0.717) is 5.56 Å². The van der Waals surface area contributed by atoms with Crippen molar-refractivity contribution in [1.82, 2.24) is 5.32 Å². The first-order chi connectivity index (χ1) is 10.1. The number of rotatable bonds is 4. The highest BCUT2D eigenvalue weighted by atomic mass is 19.1. The van der Waals surface area contributed by atoms with Crippen molar-refractivity contribution < 1.29 is 18.7 Å². The molecule has 1 amide bonds. The Balaban J connectivity index is 1.97. The second-order valence-electron chi connectivity index (χ2n) is 5.36. The third-order valence-electron chi connectivity index (χ3n) is 3.93. The van der Waals surface area contributed by atoms with Gasteiger partial charge in [0, 0.05) is 6.04 Å². The summed E-state index contributed by atoms with van der Waals surface area (Å²) in [5.41, 5.74) is 0.362. The van der Waals surface area contributed by atoms with E-state index >= 15 is 0 Å². The highest BCUT2D eigenvalue weighted by Crippen LogP contribution is 2.25. The van der Waals surface area contributed by atoms with E-state index in [4.69, 9.17) is 4.74 Å². The fourth-order valence-corrected chi connectivity index (χ4v) is 2.81. The Labute approximate surface area is 123 Å². The minimum absolute atomic E-state index is 0.0168. The molecule has 1 aliphatic rings. The van der Waals surface area contributed by atoms with E-state index in [0.717, 1.165) is 25.7 Å². The van der Waals surface area contributed by atoms with Gasteiger partial charge in [-0.15, -0.1) is 0 Å². The average molecular weight is 293 g/mol. The number of carbonyl (C=O) groups is 2. The lowest BCUT2D eigenvalue weighted by Gasteiger charge is -2.30. The molecule has 0 aromatic heterocycles. The van der Waals surface area contributed by atoms with Gasteiger partial charge in [-0.3, -0.25) is 9.59 Å². The van der Waals surface area contributed by atoms with E-state index in [-0.39, 0.29) is 36.1 Å². The van der Waals surface area contributed by atoms with Crippen LogP contribution in [0.15, 0.2) is 24.3 Å². The summed E-state index contributed by atoms with van der Waals surface area (Å²) >= 11 is 0. The molecule has 1 aromatic carbocycles. The van der Waals surface area contributed by atoms with Gasteiger partial charge in [0.1, 0.15) is 5.82 Å². The fourth-order valence-electron chi connectivity index (χ4n) is 2.81. The van der Waals surface area contributed by atoms with E-state index < -0.39 is 0 Å². The summed E-state index contributed by atoms with van der Waals surface area (Å²) in [6.07, 6.45) is 3.38. The number of halogens is 1. The molecule has 0 saturated heterocycles. The molecule has 2 rings (SSSR count). The molecule has 114 valence electrons. The number of methoxy groups -OCH3 is 1. The zero-order chi connectivity index (χ0) is 15.2. The van der Waals surface area contributed by atoms with Gasteiger partial charge in [-0.25, -0.2) is 4.39 Å². The lowest BCUT2D eigenvalue weighted by Crippen LogP contribution is -2.46. The van der Waals surface area contributed by atoms with Crippen LogP contribution in [-0.2, 0) is 20.7 Å². The van der Waals surface area contributed by atoms with Gasteiger partial charge >= 0.3 is 5.97 Å². The monoisotopic (exact) mass is 293 g/mol. The molecular formula is C16H20FNO3. The molecule has 2 atom stereocenters. The van der Waals surface area contributed by atoms with Crippen molar-refractivity contribution in [1.29, 1.82) is 0 Å². The predicted molar refractivity (Wildman–Crippen MR) is 76.0 cm³/mol. The SMILES string of the molecule is COC(=O)[C@H]1CCCC[C@H]1NC(=O)Cc1ccccc1F. The van der Waals surface area contributed by atoms with Gasteiger partial charge in [0.25, 0.3) is 0 Å². The van der Waals surface area contributed by atoms with Gasteiger partial charge in [-0.1, -0.05) is 31.0 Å². The summed E-state index contributed by atoms with van der Waals surface area (Å²) in [5.74, 6) is -1.24. The Kier molecular flexibility index (Phi) is 5.31. The summed E-state index contributed by atoms with van der Waals surface area (Å²) in [7, 11) is 1.36. The molecule has 0 spiro atoms. The molecule has 1 fully saturated rings. The van der Waals surface area contributed by atoms with E-state index in [2.05, 4.69) is 5.32 Å². The molecule has 21 heavy (non-hydrogen) atoms. The Morgan fingerprint density at radius 3 is 2.71 bits per heavy atom. The predicted octanol–water partition coefficient (Wildman–Crippen LogP) is 2.22. The highest BCUT2D eigenvalue weighted by molar-refractivity contribution is 5.80. The maximum Gasteiger partial charge on any atom is 0.310 e. The molecule has 1 saturated carbocycles. The number of esters is 1. The largest absolute Gasteiger partial charge is 0.469 e. The Hall–Kier alpha value is -1.91. The van der Waals surface area contributed by atoms with Crippen LogP contribution in [0.3, 0.4) is 0 Å². The fraction of sp³-hybridized carbons (Fsp3) is 0.500. The van der Waals surface area contributed by atoms with Crippen molar-refractivity contribution in [2.45, 2.75) is 38.1 Å². The zero-order valence-corrected chi connectivity index (χ0v) is 12.1. The van der Waals surface area contributed by atoms with Gasteiger partial charge < -0.3 is 10.1 Å². The topological polar surface area (TPSA) is 55.4 Å². The number of nitrogens with one attached hydrogen (secondary N) is 1. The summed E-state index contributed by atoms with van der Waals surface area (Å²) in [6, 6.07) is 5.99. The molecule has 1 aromatic rings. The Bertz CT molecular complexity index is 518. The van der Waals surface area contributed by atoms with Crippen LogP contribution >= 0.6 is 0 Å². The van der Waals surface area contributed by atoms with Crippen LogP contribution in [0.25, 0.3) is 0 Å². The number of amides is 1. The average Bonchev–Trinajstić information content (AvgIpc) is 2.49. The number of benzene rings is 1. The second kappa shape index (κ2) is 7.20. The van der Waals surface area contributed by atoms with Crippen molar-refractivity contribution in [3.8, 4) is 0 Å². The van der Waals surface area contributed by atoms with Gasteiger partial charge in [0.05, 0.1) is 19.4 Å². The lowest BCUT2D eigenvalue weighted by molar-refractivity contribution is -0.147. The molecule has 1 aliphatic carbocycles. The molecule has 0 unspecified atom stereocenters. The molecule has 5 heteroatoms. The summed E-state index contributed by atoms with van der Waals surface area (Å²) in [6.45, 7) is 0. The van der Waals surface area contributed by atoms with Crippen LogP contribution < -0.4 is 5.32 Å². The third kappa shape index (κ3) is 4.03. The van der Waals surface area contributed by atoms with Crippen molar-refractivity contribution in [2.75, 3.05) is 7.11 Å². The van der Waals surface area contributed by atoms with Crippen molar-refractivity contribution >= 4 is 11.9 Å². The van der Waals surface area contributed by atoms with Gasteiger partial charge in [0.15, 0.2) is 0 Å². The number of ether oxygens (including phenoxy) is 1. The maximum atomic E-state index is 13.5. The van der Waals surface area contributed by atoms with Crippen molar-refractivity contribution in [3.05, 3.63) is 35.6 Å². The van der Waals surface area contributed by atoms with Crippen LogP contribution in [0.2, 0.25) is 0 Å². The molecule has 0 aliphatic heterocycles. The number of hydrogen-bond donors (Lipinski definition) is 1. The minimum atomic E-state index is -0.388. The third-order valence-corrected chi connectivity index (χ3v) is 3.93. The van der Waals surface area contributed by atoms with Crippen molar-refractivity contribution in [2.24, 2.45) is 5.92 Å². The van der Waals surface area contributed by atoms with Crippen LogP contribution in [-0.4, -0.2) is 25.0 Å². The number of hydrogen-bond acceptors (Lipinski definition) is 3. The maximum absolute atomic E-state index is 13.5. The summed E-state index contributed by atoms with van der Waals surface area (Å²) in [4.78, 5) is 23.8. The first-order valence-electron chi connectivity index (χ1n) is 7.22. The van der Waals surface area contributed by atoms with E-state index in [1.165, 1.54) is 13.2 Å². The van der Waals surface area contributed by atoms with Crippen LogP contribution in [0, 0.1) is 11.7 Å². The molecular weight excluding hydrogens is 273 g/mol. The van der Waals surface area contributed by atoms with Gasteiger partial charge in [-0.2, -0.15) is 0 Å². The normalized spacial score (nSPS) is 21.6. The quantitative estimate of drug-likeness (QED) is 0.866. The summed E-state index contributed by atoms with van der Waals surface area (Å²) < 4.78 is 18.3. The van der Waals surface area contributed by atoms with Crippen molar-refractivity contribution in [3.63, 3.8) is 0 Å². The van der Waals surface area contributed by atoms with E-state index in [1.54, 1.807) is 18.2 Å². The Morgan fingerprint density at radius 1 is 1.29 bits per heavy atom.